The molecular weight excluding hydrogens is 474 g/mol. The quantitative estimate of drug-likeness (QED) is 0.512. The third kappa shape index (κ3) is 4.97. The van der Waals surface area contributed by atoms with Crippen LogP contribution < -0.4 is 15.0 Å². The lowest BCUT2D eigenvalue weighted by molar-refractivity contribution is 0.331. The van der Waals surface area contributed by atoms with Crippen LogP contribution in [0, 0.1) is 13.8 Å². The monoisotopic (exact) mass is 495 g/mol. The number of aromatic nitrogens is 4. The van der Waals surface area contributed by atoms with Crippen molar-refractivity contribution >= 4 is 26.0 Å². The molecule has 0 unspecified atom stereocenters. The molecule has 2 aromatic heterocycles. The topological polar surface area (TPSA) is 108 Å². The Balaban J connectivity index is 1.78. The van der Waals surface area contributed by atoms with Gasteiger partial charge in [-0.15, -0.1) is 5.10 Å². The molecule has 30 heavy (non-hydrogen) atoms. The molecule has 1 aromatic carbocycles. The summed E-state index contributed by atoms with van der Waals surface area (Å²) in [5.41, 5.74) is 1.37. The molecule has 0 amide bonds. The maximum atomic E-state index is 12.8. The molecular formula is C19H22BrN5O4S. The van der Waals surface area contributed by atoms with Crippen LogP contribution in [0.2, 0.25) is 0 Å². The van der Waals surface area contributed by atoms with Crippen molar-refractivity contribution in [1.29, 1.82) is 0 Å². The van der Waals surface area contributed by atoms with E-state index in [9.17, 15) is 13.2 Å². The zero-order chi connectivity index (χ0) is 21.9. The molecule has 0 radical (unpaired) electrons. The summed E-state index contributed by atoms with van der Waals surface area (Å²) in [6.45, 7) is 5.91. The number of nitrogens with zero attached hydrogens (tertiary/aromatic N) is 4. The third-order valence-electron chi connectivity index (χ3n) is 4.19. The van der Waals surface area contributed by atoms with E-state index in [-0.39, 0.29) is 29.3 Å². The maximum absolute atomic E-state index is 12.8. The van der Waals surface area contributed by atoms with Crippen molar-refractivity contribution < 1.29 is 13.2 Å². The van der Waals surface area contributed by atoms with Crippen molar-refractivity contribution in [2.24, 2.45) is 0 Å². The Morgan fingerprint density at radius 3 is 2.57 bits per heavy atom. The van der Waals surface area contributed by atoms with Gasteiger partial charge < -0.3 is 4.74 Å². The van der Waals surface area contributed by atoms with Crippen LogP contribution in [0.3, 0.4) is 0 Å². The van der Waals surface area contributed by atoms with Gasteiger partial charge in [0.2, 0.25) is 10.0 Å². The van der Waals surface area contributed by atoms with Crippen molar-refractivity contribution in [3.63, 3.8) is 0 Å². The third-order valence-corrected chi connectivity index (χ3v) is 6.17. The number of benzene rings is 1. The highest BCUT2D eigenvalue weighted by Gasteiger charge is 2.20. The summed E-state index contributed by atoms with van der Waals surface area (Å²) in [5.74, 6) is 0.740. The first-order valence-electron chi connectivity index (χ1n) is 9.25. The van der Waals surface area contributed by atoms with Crippen LogP contribution >= 0.6 is 15.9 Å². The van der Waals surface area contributed by atoms with E-state index in [0.717, 1.165) is 11.4 Å². The van der Waals surface area contributed by atoms with Gasteiger partial charge >= 0.3 is 0 Å². The summed E-state index contributed by atoms with van der Waals surface area (Å²) < 4.78 is 36.9. The molecule has 9 nitrogen and oxygen atoms in total. The Morgan fingerprint density at radius 1 is 1.13 bits per heavy atom. The second-order valence-corrected chi connectivity index (χ2v) is 9.16. The van der Waals surface area contributed by atoms with E-state index in [4.69, 9.17) is 4.74 Å². The number of sulfonamides is 1. The minimum absolute atomic E-state index is 0.0200. The fourth-order valence-corrected chi connectivity index (χ4v) is 4.60. The molecule has 3 rings (SSSR count). The molecule has 0 saturated carbocycles. The molecule has 1 N–H and O–H groups in total. The maximum Gasteiger partial charge on any atom is 0.266 e. The van der Waals surface area contributed by atoms with Gasteiger partial charge in [0.25, 0.3) is 5.56 Å². The molecule has 0 saturated heterocycles. The standard InChI is InChI=1S/C19H22BrN5O4S/c1-4-29-16-6-5-15(20)12-17(16)30(27,28)21-9-10-24-19(26)8-7-18(23-24)25-14(3)11-13(2)22-25/h5-8,11-12,21H,4,9-10H2,1-3H3. The Kier molecular flexibility index (Phi) is 6.74. The van der Waals surface area contributed by atoms with Crippen molar-refractivity contribution in [2.75, 3.05) is 13.2 Å². The zero-order valence-electron chi connectivity index (χ0n) is 16.8. The van der Waals surface area contributed by atoms with Gasteiger partial charge in [-0.1, -0.05) is 15.9 Å². The second kappa shape index (κ2) is 9.11. The highest BCUT2D eigenvalue weighted by molar-refractivity contribution is 9.10. The summed E-state index contributed by atoms with van der Waals surface area (Å²) in [4.78, 5) is 12.2. The van der Waals surface area contributed by atoms with Crippen LogP contribution in [0.1, 0.15) is 18.3 Å². The van der Waals surface area contributed by atoms with Crippen molar-refractivity contribution in [3.05, 3.63) is 62.6 Å². The normalized spacial score (nSPS) is 11.6. The number of ether oxygens (including phenoxy) is 1. The number of aryl methyl sites for hydroxylation is 2. The van der Waals surface area contributed by atoms with Crippen LogP contribution in [-0.4, -0.2) is 41.1 Å². The van der Waals surface area contributed by atoms with Crippen molar-refractivity contribution in [1.82, 2.24) is 24.3 Å². The average molecular weight is 496 g/mol. The first-order valence-corrected chi connectivity index (χ1v) is 11.5. The van der Waals surface area contributed by atoms with E-state index >= 15 is 0 Å². The lowest BCUT2D eigenvalue weighted by atomic mass is 10.3. The first kappa shape index (κ1) is 22.2. The molecule has 3 aromatic rings. The van der Waals surface area contributed by atoms with E-state index in [1.165, 1.54) is 16.8 Å². The number of hydrogen-bond donors (Lipinski definition) is 1. The molecule has 0 aliphatic rings. The Labute approximate surface area is 182 Å². The van der Waals surface area contributed by atoms with Gasteiger partial charge in [0.15, 0.2) is 5.82 Å². The van der Waals surface area contributed by atoms with E-state index in [2.05, 4.69) is 30.8 Å². The van der Waals surface area contributed by atoms with Crippen LogP contribution in [0.4, 0.5) is 0 Å². The molecule has 0 spiro atoms. The number of nitrogens with one attached hydrogen (secondary N) is 1. The van der Waals surface area contributed by atoms with E-state index in [1.807, 2.05) is 19.9 Å². The number of rotatable bonds is 8. The molecule has 0 bridgehead atoms. The van der Waals surface area contributed by atoms with Gasteiger partial charge in [-0.3, -0.25) is 4.79 Å². The van der Waals surface area contributed by atoms with Gasteiger partial charge in [-0.2, -0.15) is 5.10 Å². The molecule has 2 heterocycles. The SMILES string of the molecule is CCOc1ccc(Br)cc1S(=O)(=O)NCCn1nc(-n2nc(C)cc2C)ccc1=O. The Bertz CT molecular complexity index is 1220. The van der Waals surface area contributed by atoms with E-state index in [0.29, 0.717) is 16.9 Å². The highest BCUT2D eigenvalue weighted by Crippen LogP contribution is 2.27. The Hall–Kier alpha value is -2.50. The van der Waals surface area contributed by atoms with E-state index in [1.54, 1.807) is 29.8 Å². The van der Waals surface area contributed by atoms with Gasteiger partial charge in [0.1, 0.15) is 10.6 Å². The summed E-state index contributed by atoms with van der Waals surface area (Å²) >= 11 is 3.28. The second-order valence-electron chi connectivity index (χ2n) is 6.51. The smallest absolute Gasteiger partial charge is 0.266 e. The summed E-state index contributed by atoms with van der Waals surface area (Å²) in [5, 5.41) is 8.66. The summed E-state index contributed by atoms with van der Waals surface area (Å²) in [7, 11) is -3.85. The predicted octanol–water partition coefficient (Wildman–Crippen LogP) is 2.19. The molecule has 0 aliphatic heterocycles. The van der Waals surface area contributed by atoms with Crippen LogP contribution in [0.5, 0.6) is 5.75 Å². The largest absolute Gasteiger partial charge is 0.492 e. The molecule has 0 fully saturated rings. The number of halogens is 1. The van der Waals surface area contributed by atoms with Gasteiger partial charge in [0, 0.05) is 22.8 Å². The first-order chi connectivity index (χ1) is 14.2. The van der Waals surface area contributed by atoms with E-state index < -0.39 is 10.0 Å². The van der Waals surface area contributed by atoms with Gasteiger partial charge in [-0.05, 0) is 51.1 Å². The molecule has 0 aliphatic carbocycles. The minimum Gasteiger partial charge on any atom is -0.492 e. The lowest BCUT2D eigenvalue weighted by Gasteiger charge is -2.13. The zero-order valence-corrected chi connectivity index (χ0v) is 19.2. The van der Waals surface area contributed by atoms with Crippen LogP contribution in [-0.2, 0) is 16.6 Å². The molecule has 0 atom stereocenters. The highest BCUT2D eigenvalue weighted by atomic mass is 79.9. The average Bonchev–Trinajstić information content (AvgIpc) is 3.03. The summed E-state index contributed by atoms with van der Waals surface area (Å²) in [6.07, 6.45) is 0. The van der Waals surface area contributed by atoms with Crippen LogP contribution in [0.15, 0.2) is 50.6 Å². The summed E-state index contributed by atoms with van der Waals surface area (Å²) in [6, 6.07) is 9.64. The minimum atomic E-state index is -3.85. The van der Waals surface area contributed by atoms with Crippen molar-refractivity contribution in [2.45, 2.75) is 32.2 Å². The van der Waals surface area contributed by atoms with Crippen molar-refractivity contribution in [3.8, 4) is 11.6 Å². The van der Waals surface area contributed by atoms with Gasteiger partial charge in [0.05, 0.1) is 18.8 Å². The fourth-order valence-electron chi connectivity index (χ4n) is 2.90. The lowest BCUT2D eigenvalue weighted by Crippen LogP contribution is -2.32. The number of hydrogen-bond acceptors (Lipinski definition) is 6. The Morgan fingerprint density at radius 2 is 1.90 bits per heavy atom. The van der Waals surface area contributed by atoms with Gasteiger partial charge in [-0.25, -0.2) is 22.5 Å². The fraction of sp³-hybridized carbons (Fsp3) is 0.316. The van der Waals surface area contributed by atoms with Crippen LogP contribution in [0.25, 0.3) is 5.82 Å². The predicted molar refractivity (Wildman–Crippen MR) is 116 cm³/mol. The molecule has 160 valence electrons. The molecule has 11 heteroatoms.